The molecular formula is C20H24F3N7O2. The second-order valence-corrected chi connectivity index (χ2v) is 7.82. The second-order valence-electron chi connectivity index (χ2n) is 7.82. The van der Waals surface area contributed by atoms with E-state index in [0.29, 0.717) is 30.8 Å². The Balaban J connectivity index is 1.70. The van der Waals surface area contributed by atoms with Gasteiger partial charge in [0.25, 0.3) is 0 Å². The first-order valence-electron chi connectivity index (χ1n) is 10.4. The topological polar surface area (TPSA) is 96.6 Å². The molecule has 12 heteroatoms. The van der Waals surface area contributed by atoms with Gasteiger partial charge in [0.05, 0.1) is 11.7 Å². The van der Waals surface area contributed by atoms with Crippen molar-refractivity contribution in [1.29, 1.82) is 0 Å². The first kappa shape index (κ1) is 21.9. The standard InChI is InChI=1S/C20H24F3N7O2/c1-3-12-9-28(18(31)24-4-2)10-13(12)15-7-25-16-8-26-17-14(30(15)16)5-6-29(17)19(32)27-11-20(21,22)23/h5-8,12-13H,3-4,9-11H2,1-2H3,(H,24,31)(H,27,32)/t12-,13+/m1/s1. The molecule has 1 fully saturated rings. The van der Waals surface area contributed by atoms with Crippen LogP contribution in [0.2, 0.25) is 0 Å². The number of amides is 3. The quantitative estimate of drug-likeness (QED) is 0.638. The third kappa shape index (κ3) is 3.96. The third-order valence-electron chi connectivity index (χ3n) is 5.82. The largest absolute Gasteiger partial charge is 0.405 e. The highest BCUT2D eigenvalue weighted by atomic mass is 19.4. The molecule has 3 aromatic heterocycles. The molecule has 0 aromatic carbocycles. The van der Waals surface area contributed by atoms with Crippen LogP contribution in [0.5, 0.6) is 0 Å². The number of fused-ring (bicyclic) bond motifs is 3. The molecule has 2 N–H and O–H groups in total. The average molecular weight is 451 g/mol. The zero-order chi connectivity index (χ0) is 23.0. The lowest BCUT2D eigenvalue weighted by Crippen LogP contribution is -2.38. The molecule has 0 bridgehead atoms. The molecule has 0 unspecified atom stereocenters. The summed E-state index contributed by atoms with van der Waals surface area (Å²) in [7, 11) is 0. The molecule has 9 nitrogen and oxygen atoms in total. The number of rotatable bonds is 4. The van der Waals surface area contributed by atoms with E-state index in [9.17, 15) is 22.8 Å². The normalized spacial score (nSPS) is 19.1. The van der Waals surface area contributed by atoms with Crippen molar-refractivity contribution >= 4 is 28.9 Å². The smallest absolute Gasteiger partial charge is 0.338 e. The van der Waals surface area contributed by atoms with Gasteiger partial charge in [-0.2, -0.15) is 13.2 Å². The highest BCUT2D eigenvalue weighted by Crippen LogP contribution is 2.36. The van der Waals surface area contributed by atoms with Gasteiger partial charge in [-0.15, -0.1) is 0 Å². The Hall–Kier alpha value is -3.31. The highest BCUT2D eigenvalue weighted by Gasteiger charge is 2.37. The molecule has 32 heavy (non-hydrogen) atoms. The molecule has 1 aliphatic heterocycles. The van der Waals surface area contributed by atoms with E-state index in [1.54, 1.807) is 17.2 Å². The number of nitrogens with one attached hydrogen (secondary N) is 2. The van der Waals surface area contributed by atoms with Crippen molar-refractivity contribution < 1.29 is 22.8 Å². The summed E-state index contributed by atoms with van der Waals surface area (Å²) in [4.78, 5) is 35.1. The number of hydrogen-bond acceptors (Lipinski definition) is 4. The molecule has 0 radical (unpaired) electrons. The van der Waals surface area contributed by atoms with Crippen molar-refractivity contribution in [3.63, 3.8) is 0 Å². The maximum Gasteiger partial charge on any atom is 0.405 e. The van der Waals surface area contributed by atoms with Crippen molar-refractivity contribution in [3.8, 4) is 0 Å². The molecule has 0 spiro atoms. The van der Waals surface area contributed by atoms with Crippen molar-refractivity contribution in [2.24, 2.45) is 5.92 Å². The van der Waals surface area contributed by atoms with Gasteiger partial charge in [0.2, 0.25) is 0 Å². The Morgan fingerprint density at radius 2 is 1.91 bits per heavy atom. The van der Waals surface area contributed by atoms with Gasteiger partial charge in [-0.25, -0.2) is 19.6 Å². The Morgan fingerprint density at radius 1 is 1.12 bits per heavy atom. The minimum Gasteiger partial charge on any atom is -0.338 e. The first-order valence-corrected chi connectivity index (χ1v) is 10.4. The Morgan fingerprint density at radius 3 is 2.59 bits per heavy atom. The van der Waals surface area contributed by atoms with E-state index in [-0.39, 0.29) is 23.5 Å². The molecule has 2 atom stereocenters. The van der Waals surface area contributed by atoms with E-state index in [0.717, 1.165) is 16.7 Å². The van der Waals surface area contributed by atoms with Gasteiger partial charge < -0.3 is 15.5 Å². The summed E-state index contributed by atoms with van der Waals surface area (Å²) in [6.07, 6.45) is 0.968. The van der Waals surface area contributed by atoms with E-state index in [2.05, 4.69) is 22.2 Å². The van der Waals surface area contributed by atoms with Crippen LogP contribution in [0.4, 0.5) is 22.8 Å². The number of likely N-dealkylation sites (tertiary alicyclic amines) is 1. The molecule has 1 saturated heterocycles. The third-order valence-corrected chi connectivity index (χ3v) is 5.82. The predicted molar refractivity (Wildman–Crippen MR) is 111 cm³/mol. The second kappa shape index (κ2) is 8.32. The fourth-order valence-electron chi connectivity index (χ4n) is 4.30. The van der Waals surface area contributed by atoms with E-state index in [4.69, 9.17) is 0 Å². The van der Waals surface area contributed by atoms with Gasteiger partial charge in [0.15, 0.2) is 11.3 Å². The zero-order valence-electron chi connectivity index (χ0n) is 17.7. The van der Waals surface area contributed by atoms with Crippen molar-refractivity contribution in [3.05, 3.63) is 30.4 Å². The fraction of sp³-hybridized carbons (Fsp3) is 0.500. The van der Waals surface area contributed by atoms with Crippen LogP contribution in [0.3, 0.4) is 0 Å². The molecule has 4 heterocycles. The summed E-state index contributed by atoms with van der Waals surface area (Å²) in [5, 5.41) is 4.69. The van der Waals surface area contributed by atoms with Gasteiger partial charge >= 0.3 is 18.2 Å². The molecule has 0 saturated carbocycles. The molecule has 0 aliphatic carbocycles. The number of aromatic nitrogens is 4. The van der Waals surface area contributed by atoms with Crippen LogP contribution in [0.15, 0.2) is 24.7 Å². The number of nitrogens with zero attached hydrogens (tertiary/aromatic N) is 5. The number of hydrogen-bond donors (Lipinski definition) is 2. The number of carbonyl (C=O) groups is 2. The van der Waals surface area contributed by atoms with Crippen LogP contribution in [-0.4, -0.2) is 68.3 Å². The summed E-state index contributed by atoms with van der Waals surface area (Å²) in [6, 6.07) is 0.604. The van der Waals surface area contributed by atoms with E-state index in [1.165, 1.54) is 12.4 Å². The monoisotopic (exact) mass is 451 g/mol. The van der Waals surface area contributed by atoms with Gasteiger partial charge in [-0.1, -0.05) is 13.3 Å². The van der Waals surface area contributed by atoms with E-state index in [1.807, 2.05) is 16.6 Å². The van der Waals surface area contributed by atoms with E-state index < -0.39 is 18.8 Å². The minimum absolute atomic E-state index is 0.0191. The number of imidazole rings is 1. The maximum absolute atomic E-state index is 12.5. The summed E-state index contributed by atoms with van der Waals surface area (Å²) in [5.74, 6) is 0.239. The number of alkyl halides is 3. The van der Waals surface area contributed by atoms with E-state index >= 15 is 0 Å². The molecule has 3 amide bonds. The first-order chi connectivity index (χ1) is 15.2. The SMILES string of the molecule is CCNC(=O)N1C[C@@H](CC)[C@@H](c2cnc3cnc4c(ccn4C(=O)NCC(F)(F)F)n23)C1. The van der Waals surface area contributed by atoms with Crippen LogP contribution in [-0.2, 0) is 0 Å². The summed E-state index contributed by atoms with van der Waals surface area (Å²) in [6.45, 7) is 4.19. The molecular weight excluding hydrogens is 427 g/mol. The molecule has 172 valence electrons. The van der Waals surface area contributed by atoms with Crippen LogP contribution < -0.4 is 10.6 Å². The van der Waals surface area contributed by atoms with Gasteiger partial charge in [0, 0.05) is 43.6 Å². The van der Waals surface area contributed by atoms with Crippen LogP contribution >= 0.6 is 0 Å². The molecule has 4 rings (SSSR count). The highest BCUT2D eigenvalue weighted by molar-refractivity contribution is 5.89. The van der Waals surface area contributed by atoms with Gasteiger partial charge in [-0.3, -0.25) is 8.97 Å². The molecule has 1 aliphatic rings. The van der Waals surface area contributed by atoms with Crippen molar-refractivity contribution in [1.82, 2.24) is 34.5 Å². The van der Waals surface area contributed by atoms with Crippen molar-refractivity contribution in [2.45, 2.75) is 32.4 Å². The zero-order valence-corrected chi connectivity index (χ0v) is 17.7. The maximum atomic E-state index is 12.5. The number of carbonyl (C=O) groups excluding carboxylic acids is 2. The lowest BCUT2D eigenvalue weighted by molar-refractivity contribution is -0.122. The van der Waals surface area contributed by atoms with Crippen molar-refractivity contribution in [2.75, 3.05) is 26.2 Å². The van der Waals surface area contributed by atoms with Crippen LogP contribution in [0.25, 0.3) is 16.8 Å². The summed E-state index contributed by atoms with van der Waals surface area (Å²) >= 11 is 0. The lowest BCUT2D eigenvalue weighted by atomic mass is 9.91. The number of urea groups is 1. The Labute approximate surface area is 181 Å². The van der Waals surface area contributed by atoms with Crippen LogP contribution in [0.1, 0.15) is 31.9 Å². The van der Waals surface area contributed by atoms with Gasteiger partial charge in [0.1, 0.15) is 6.54 Å². The lowest BCUT2D eigenvalue weighted by Gasteiger charge is -2.17. The Kier molecular flexibility index (Phi) is 5.70. The van der Waals surface area contributed by atoms with Gasteiger partial charge in [-0.05, 0) is 18.9 Å². The molecule has 3 aromatic rings. The Bertz CT molecular complexity index is 1150. The van der Waals surface area contributed by atoms with Crippen LogP contribution in [0, 0.1) is 5.92 Å². The summed E-state index contributed by atoms with van der Waals surface area (Å²) < 4.78 is 40.4. The number of halogens is 3. The fourth-order valence-corrected chi connectivity index (χ4v) is 4.30. The summed E-state index contributed by atoms with van der Waals surface area (Å²) in [5.41, 5.74) is 2.22. The minimum atomic E-state index is -4.51. The average Bonchev–Trinajstić information content (AvgIpc) is 3.46. The predicted octanol–water partition coefficient (Wildman–Crippen LogP) is 2.96.